The molecule has 1 aromatic carbocycles. The summed E-state index contributed by atoms with van der Waals surface area (Å²) in [6, 6.07) is 5.63. The van der Waals surface area contributed by atoms with Crippen molar-refractivity contribution in [1.29, 1.82) is 0 Å². The quantitative estimate of drug-likeness (QED) is 0.882. The minimum Gasteiger partial charge on any atom is -0.493 e. The van der Waals surface area contributed by atoms with Crippen LogP contribution in [-0.4, -0.2) is 21.9 Å². The van der Waals surface area contributed by atoms with E-state index in [4.69, 9.17) is 15.2 Å². The first-order valence-electron chi connectivity index (χ1n) is 6.01. The molecule has 0 unspecified atom stereocenters. The van der Waals surface area contributed by atoms with Crippen molar-refractivity contribution in [2.45, 2.75) is 19.6 Å². The van der Waals surface area contributed by atoms with Crippen LogP contribution < -0.4 is 15.2 Å². The van der Waals surface area contributed by atoms with E-state index in [1.54, 1.807) is 11.8 Å². The molecule has 1 heterocycles. The van der Waals surface area contributed by atoms with Gasteiger partial charge in [0.2, 0.25) is 0 Å². The Labute approximate surface area is 112 Å². The van der Waals surface area contributed by atoms with Gasteiger partial charge in [0.05, 0.1) is 7.11 Å². The molecule has 0 saturated carbocycles. The lowest BCUT2D eigenvalue weighted by Gasteiger charge is -2.13. The summed E-state index contributed by atoms with van der Waals surface area (Å²) in [5, 5.41) is 3.99. The molecule has 0 fully saturated rings. The number of hydrogen-bond donors (Lipinski definition) is 1. The number of ether oxygens (including phenoxy) is 2. The first kappa shape index (κ1) is 13.4. The van der Waals surface area contributed by atoms with Crippen molar-refractivity contribution in [3.63, 3.8) is 0 Å². The van der Waals surface area contributed by atoms with Crippen molar-refractivity contribution in [1.82, 2.24) is 14.8 Å². The number of benzene rings is 1. The van der Waals surface area contributed by atoms with Gasteiger partial charge in [-0.1, -0.05) is 6.07 Å². The van der Waals surface area contributed by atoms with Gasteiger partial charge in [0.25, 0.3) is 0 Å². The molecule has 0 aliphatic carbocycles. The molecule has 6 heteroatoms. The summed E-state index contributed by atoms with van der Waals surface area (Å²) in [5.74, 6) is 2.07. The van der Waals surface area contributed by atoms with Crippen LogP contribution in [0.2, 0.25) is 0 Å². The van der Waals surface area contributed by atoms with Gasteiger partial charge < -0.3 is 15.2 Å². The maximum atomic E-state index is 5.84. The van der Waals surface area contributed by atoms with Crippen molar-refractivity contribution in [2.75, 3.05) is 7.11 Å². The highest BCUT2D eigenvalue weighted by Crippen LogP contribution is 2.30. The third-order valence-corrected chi connectivity index (χ3v) is 2.88. The fraction of sp³-hybridized carbons (Fsp3) is 0.385. The summed E-state index contributed by atoms with van der Waals surface area (Å²) in [6.07, 6.45) is 1.50. The molecule has 0 aliphatic rings. The molecule has 1 atom stereocenters. The van der Waals surface area contributed by atoms with E-state index in [0.29, 0.717) is 18.1 Å². The Bertz CT molecular complexity index is 551. The van der Waals surface area contributed by atoms with Crippen molar-refractivity contribution >= 4 is 0 Å². The first-order chi connectivity index (χ1) is 9.11. The van der Waals surface area contributed by atoms with E-state index in [2.05, 4.69) is 10.1 Å². The molecule has 0 bridgehead atoms. The number of rotatable bonds is 5. The number of hydrogen-bond acceptors (Lipinski definition) is 5. The maximum absolute atomic E-state index is 5.84. The Morgan fingerprint density at radius 2 is 2.16 bits per heavy atom. The van der Waals surface area contributed by atoms with E-state index in [1.165, 1.54) is 6.33 Å². The van der Waals surface area contributed by atoms with Gasteiger partial charge in [-0.05, 0) is 24.6 Å². The van der Waals surface area contributed by atoms with E-state index < -0.39 is 0 Å². The van der Waals surface area contributed by atoms with Crippen molar-refractivity contribution < 1.29 is 9.47 Å². The third-order valence-electron chi connectivity index (χ3n) is 2.88. The van der Waals surface area contributed by atoms with E-state index in [1.807, 2.05) is 32.2 Å². The number of methoxy groups -OCH3 is 1. The van der Waals surface area contributed by atoms with Crippen molar-refractivity contribution in [3.05, 3.63) is 35.9 Å². The van der Waals surface area contributed by atoms with Crippen LogP contribution in [0.5, 0.6) is 11.5 Å². The molecule has 2 rings (SSSR count). The Hall–Kier alpha value is -2.08. The summed E-state index contributed by atoms with van der Waals surface area (Å²) in [7, 11) is 3.43. The van der Waals surface area contributed by atoms with Crippen LogP contribution in [0.25, 0.3) is 0 Å². The zero-order chi connectivity index (χ0) is 13.8. The van der Waals surface area contributed by atoms with Crippen LogP contribution in [-0.2, 0) is 13.7 Å². The molecule has 19 heavy (non-hydrogen) atoms. The van der Waals surface area contributed by atoms with Crippen molar-refractivity contribution in [2.24, 2.45) is 12.8 Å². The molecular weight excluding hydrogens is 244 g/mol. The standard InChI is InChI=1S/C13H18N4O2/c1-9(14)10-4-5-11(12(6-10)18-3)19-7-13-15-8-16-17(13)2/h4-6,8-9H,7,14H2,1-3H3/t9-/m1/s1. The second kappa shape index (κ2) is 5.71. The summed E-state index contributed by atoms with van der Waals surface area (Å²) >= 11 is 0. The minimum atomic E-state index is -0.0401. The third kappa shape index (κ3) is 3.03. The van der Waals surface area contributed by atoms with Gasteiger partial charge in [-0.2, -0.15) is 5.10 Å². The van der Waals surface area contributed by atoms with Crippen LogP contribution in [0.3, 0.4) is 0 Å². The minimum absolute atomic E-state index is 0.0401. The Balaban J connectivity index is 2.14. The van der Waals surface area contributed by atoms with Gasteiger partial charge >= 0.3 is 0 Å². The average molecular weight is 262 g/mol. The SMILES string of the molecule is COc1cc([C@@H](C)N)ccc1OCc1ncnn1C. The molecule has 1 aromatic heterocycles. The maximum Gasteiger partial charge on any atom is 0.164 e. The molecule has 6 nitrogen and oxygen atoms in total. The fourth-order valence-electron chi connectivity index (χ4n) is 1.68. The Morgan fingerprint density at radius 3 is 2.74 bits per heavy atom. The van der Waals surface area contributed by atoms with Crippen LogP contribution in [0, 0.1) is 0 Å². The van der Waals surface area contributed by atoms with Crippen molar-refractivity contribution in [3.8, 4) is 11.5 Å². The number of nitrogens with two attached hydrogens (primary N) is 1. The summed E-state index contributed by atoms with van der Waals surface area (Å²) < 4.78 is 12.7. The van der Waals surface area contributed by atoms with Crippen LogP contribution in [0.1, 0.15) is 24.4 Å². The number of aromatic nitrogens is 3. The molecule has 0 amide bonds. The topological polar surface area (TPSA) is 75.2 Å². The van der Waals surface area contributed by atoms with E-state index >= 15 is 0 Å². The highest BCUT2D eigenvalue weighted by Gasteiger charge is 2.09. The van der Waals surface area contributed by atoms with Gasteiger partial charge in [-0.3, -0.25) is 4.68 Å². The van der Waals surface area contributed by atoms with Gasteiger partial charge in [-0.25, -0.2) is 4.98 Å². The molecule has 2 N–H and O–H groups in total. The zero-order valence-electron chi connectivity index (χ0n) is 11.3. The monoisotopic (exact) mass is 262 g/mol. The lowest BCUT2D eigenvalue weighted by Crippen LogP contribution is -2.07. The van der Waals surface area contributed by atoms with Crippen LogP contribution in [0.4, 0.5) is 0 Å². The Morgan fingerprint density at radius 1 is 1.37 bits per heavy atom. The first-order valence-corrected chi connectivity index (χ1v) is 6.01. The highest BCUT2D eigenvalue weighted by molar-refractivity contribution is 5.43. The summed E-state index contributed by atoms with van der Waals surface area (Å²) in [4.78, 5) is 4.10. The second-order valence-electron chi connectivity index (χ2n) is 4.29. The molecule has 0 saturated heterocycles. The Kier molecular flexibility index (Phi) is 4.01. The largest absolute Gasteiger partial charge is 0.493 e. The van der Waals surface area contributed by atoms with Gasteiger partial charge in [0.1, 0.15) is 12.9 Å². The van der Waals surface area contributed by atoms with Gasteiger partial charge in [0.15, 0.2) is 17.3 Å². The molecule has 0 spiro atoms. The predicted octanol–water partition coefficient (Wildman–Crippen LogP) is 1.42. The summed E-state index contributed by atoms with van der Waals surface area (Å²) in [5.41, 5.74) is 6.84. The van der Waals surface area contributed by atoms with Gasteiger partial charge in [-0.15, -0.1) is 0 Å². The average Bonchev–Trinajstić information content (AvgIpc) is 2.81. The summed E-state index contributed by atoms with van der Waals surface area (Å²) in [6.45, 7) is 2.26. The second-order valence-corrected chi connectivity index (χ2v) is 4.29. The van der Waals surface area contributed by atoms with Gasteiger partial charge in [0, 0.05) is 13.1 Å². The molecular formula is C13H18N4O2. The lowest BCUT2D eigenvalue weighted by atomic mass is 10.1. The molecule has 102 valence electrons. The number of nitrogens with zero attached hydrogens (tertiary/aromatic N) is 3. The van der Waals surface area contributed by atoms with E-state index in [9.17, 15) is 0 Å². The molecule has 0 radical (unpaired) electrons. The number of aryl methyl sites for hydroxylation is 1. The smallest absolute Gasteiger partial charge is 0.164 e. The zero-order valence-corrected chi connectivity index (χ0v) is 11.3. The van der Waals surface area contributed by atoms with E-state index in [0.717, 1.165) is 11.4 Å². The lowest BCUT2D eigenvalue weighted by molar-refractivity contribution is 0.271. The van der Waals surface area contributed by atoms with E-state index in [-0.39, 0.29) is 6.04 Å². The molecule has 0 aliphatic heterocycles. The van der Waals surface area contributed by atoms with Crippen LogP contribution in [0.15, 0.2) is 24.5 Å². The van der Waals surface area contributed by atoms with Crippen LogP contribution >= 0.6 is 0 Å². The predicted molar refractivity (Wildman–Crippen MR) is 70.9 cm³/mol. The normalized spacial score (nSPS) is 12.2. The molecule has 2 aromatic rings. The highest BCUT2D eigenvalue weighted by atomic mass is 16.5. The fourth-order valence-corrected chi connectivity index (χ4v) is 1.68.